The van der Waals surface area contributed by atoms with Gasteiger partial charge in [-0.3, -0.25) is 14.5 Å². The number of nitrogens with zero attached hydrogens (tertiary/aromatic N) is 1. The molecule has 0 aromatic heterocycles. The second-order valence-corrected chi connectivity index (χ2v) is 7.70. The van der Waals surface area contributed by atoms with E-state index in [9.17, 15) is 14.4 Å². The molecule has 152 valence electrons. The number of hydrogen-bond acceptors (Lipinski definition) is 3. The molecule has 0 aliphatic carbocycles. The van der Waals surface area contributed by atoms with Gasteiger partial charge in [0.2, 0.25) is 5.91 Å². The van der Waals surface area contributed by atoms with E-state index in [0.29, 0.717) is 5.56 Å². The monoisotopic (exact) mass is 393 g/mol. The lowest BCUT2D eigenvalue weighted by Gasteiger charge is -2.22. The first-order valence-electron chi connectivity index (χ1n) is 9.84. The first kappa shape index (κ1) is 20.6. The standard InChI is InChI=1S/C23H27N3O3/c1-5-17-8-10-18(11-9-17)16(3)24-20(27)14-26-21(28)23(4,25-22(26)29)19-12-6-15(2)7-13-19/h6-13,16H,5,14H2,1-4H3,(H,24,27)(H,25,29). The highest BCUT2D eigenvalue weighted by molar-refractivity contribution is 6.09. The van der Waals surface area contributed by atoms with Crippen molar-refractivity contribution in [2.75, 3.05) is 6.54 Å². The van der Waals surface area contributed by atoms with Gasteiger partial charge in [0.15, 0.2) is 0 Å². The third kappa shape index (κ3) is 4.16. The Bertz CT molecular complexity index is 921. The van der Waals surface area contributed by atoms with Crippen molar-refractivity contribution in [2.45, 2.75) is 45.7 Å². The summed E-state index contributed by atoms with van der Waals surface area (Å²) in [7, 11) is 0. The number of hydrogen-bond donors (Lipinski definition) is 2. The van der Waals surface area contributed by atoms with Gasteiger partial charge in [0.25, 0.3) is 5.91 Å². The molecule has 1 saturated heterocycles. The fraction of sp³-hybridized carbons (Fsp3) is 0.348. The van der Waals surface area contributed by atoms with Gasteiger partial charge in [0, 0.05) is 0 Å². The smallest absolute Gasteiger partial charge is 0.325 e. The van der Waals surface area contributed by atoms with Crippen LogP contribution in [-0.4, -0.2) is 29.3 Å². The maximum Gasteiger partial charge on any atom is 0.325 e. The first-order valence-corrected chi connectivity index (χ1v) is 9.84. The summed E-state index contributed by atoms with van der Waals surface area (Å²) in [6.45, 7) is 7.26. The van der Waals surface area contributed by atoms with Gasteiger partial charge in [-0.05, 0) is 43.9 Å². The predicted molar refractivity (Wildman–Crippen MR) is 111 cm³/mol. The van der Waals surface area contributed by atoms with Gasteiger partial charge in [-0.2, -0.15) is 0 Å². The molecule has 1 fully saturated rings. The molecule has 29 heavy (non-hydrogen) atoms. The Morgan fingerprint density at radius 1 is 1.10 bits per heavy atom. The van der Waals surface area contributed by atoms with Crippen molar-refractivity contribution in [2.24, 2.45) is 0 Å². The number of nitrogens with one attached hydrogen (secondary N) is 2. The minimum Gasteiger partial charge on any atom is -0.348 e. The molecular weight excluding hydrogens is 366 g/mol. The van der Waals surface area contributed by atoms with Crippen LogP contribution < -0.4 is 10.6 Å². The average Bonchev–Trinajstić information content (AvgIpc) is 2.92. The van der Waals surface area contributed by atoms with Crippen molar-refractivity contribution < 1.29 is 14.4 Å². The largest absolute Gasteiger partial charge is 0.348 e. The van der Waals surface area contributed by atoms with E-state index in [4.69, 9.17) is 0 Å². The van der Waals surface area contributed by atoms with E-state index in [1.807, 2.05) is 62.4 Å². The Morgan fingerprint density at radius 2 is 1.72 bits per heavy atom. The Kier molecular flexibility index (Phi) is 5.73. The van der Waals surface area contributed by atoms with Crippen LogP contribution in [0.3, 0.4) is 0 Å². The summed E-state index contributed by atoms with van der Waals surface area (Å²) in [5.41, 5.74) is 2.77. The van der Waals surface area contributed by atoms with Gasteiger partial charge in [0.05, 0.1) is 6.04 Å². The number of rotatable bonds is 6. The second-order valence-electron chi connectivity index (χ2n) is 7.70. The maximum atomic E-state index is 12.9. The van der Waals surface area contributed by atoms with Crippen molar-refractivity contribution in [1.82, 2.24) is 15.5 Å². The number of carbonyl (C=O) groups excluding carboxylic acids is 3. The van der Waals surface area contributed by atoms with Crippen LogP contribution in [-0.2, 0) is 21.5 Å². The van der Waals surface area contributed by atoms with Crippen LogP contribution in [0.1, 0.15) is 49.1 Å². The number of carbonyl (C=O) groups is 3. The highest BCUT2D eigenvalue weighted by atomic mass is 16.2. The van der Waals surface area contributed by atoms with Crippen LogP contribution in [0, 0.1) is 6.92 Å². The van der Waals surface area contributed by atoms with E-state index in [1.165, 1.54) is 5.56 Å². The zero-order valence-electron chi connectivity index (χ0n) is 17.3. The summed E-state index contributed by atoms with van der Waals surface area (Å²) in [5, 5.41) is 5.59. The summed E-state index contributed by atoms with van der Waals surface area (Å²) in [5.74, 6) is -0.810. The molecule has 1 aliphatic rings. The molecular formula is C23H27N3O3. The van der Waals surface area contributed by atoms with Crippen molar-refractivity contribution >= 4 is 17.8 Å². The Hall–Kier alpha value is -3.15. The van der Waals surface area contributed by atoms with Gasteiger partial charge >= 0.3 is 6.03 Å². The molecule has 2 N–H and O–H groups in total. The molecule has 6 nitrogen and oxygen atoms in total. The molecule has 6 heteroatoms. The van der Waals surface area contributed by atoms with E-state index in [1.54, 1.807) is 6.92 Å². The minimum absolute atomic E-state index is 0.224. The van der Waals surface area contributed by atoms with Crippen molar-refractivity contribution in [3.63, 3.8) is 0 Å². The Balaban J connectivity index is 1.67. The molecule has 1 heterocycles. The van der Waals surface area contributed by atoms with E-state index in [2.05, 4.69) is 17.6 Å². The fourth-order valence-corrected chi connectivity index (χ4v) is 3.48. The molecule has 0 saturated carbocycles. The molecule has 3 rings (SSSR count). The molecule has 4 amide bonds. The SMILES string of the molecule is CCc1ccc(C(C)NC(=O)CN2C(=O)NC(C)(c3ccc(C)cc3)C2=O)cc1. The van der Waals surface area contributed by atoms with Crippen LogP contribution in [0.25, 0.3) is 0 Å². The lowest BCUT2D eigenvalue weighted by Crippen LogP contribution is -2.43. The fourth-order valence-electron chi connectivity index (χ4n) is 3.48. The van der Waals surface area contributed by atoms with Crippen molar-refractivity contribution in [1.29, 1.82) is 0 Å². The maximum absolute atomic E-state index is 12.9. The number of aryl methyl sites for hydroxylation is 2. The normalized spacial score (nSPS) is 19.8. The molecule has 0 spiro atoms. The molecule has 1 aliphatic heterocycles. The molecule has 2 atom stereocenters. The van der Waals surface area contributed by atoms with Crippen molar-refractivity contribution in [3.05, 3.63) is 70.8 Å². The summed E-state index contributed by atoms with van der Waals surface area (Å²) >= 11 is 0. The van der Waals surface area contributed by atoms with Gasteiger partial charge in [-0.25, -0.2) is 4.79 Å². The van der Waals surface area contributed by atoms with Gasteiger partial charge < -0.3 is 10.6 Å². The zero-order chi connectivity index (χ0) is 21.2. The first-order chi connectivity index (χ1) is 13.7. The van der Waals surface area contributed by atoms with Crippen LogP contribution in [0.5, 0.6) is 0 Å². The minimum atomic E-state index is -1.17. The summed E-state index contributed by atoms with van der Waals surface area (Å²) in [6, 6.07) is 14.6. The van der Waals surface area contributed by atoms with E-state index in [0.717, 1.165) is 22.4 Å². The van der Waals surface area contributed by atoms with Gasteiger partial charge in [-0.1, -0.05) is 61.0 Å². The van der Waals surface area contributed by atoms with Crippen LogP contribution in [0.15, 0.2) is 48.5 Å². The molecule has 2 aromatic rings. The van der Waals surface area contributed by atoms with Gasteiger partial charge in [-0.15, -0.1) is 0 Å². The van der Waals surface area contributed by atoms with E-state index >= 15 is 0 Å². The third-order valence-corrected chi connectivity index (χ3v) is 5.47. The number of urea groups is 1. The Morgan fingerprint density at radius 3 is 2.31 bits per heavy atom. The van der Waals surface area contributed by atoms with Crippen LogP contribution in [0.2, 0.25) is 0 Å². The number of imide groups is 1. The summed E-state index contributed by atoms with van der Waals surface area (Å²) in [4.78, 5) is 38.8. The molecule has 0 bridgehead atoms. The number of amides is 4. The average molecular weight is 393 g/mol. The summed E-state index contributed by atoms with van der Waals surface area (Å²) < 4.78 is 0. The zero-order valence-corrected chi connectivity index (χ0v) is 17.3. The van der Waals surface area contributed by atoms with Gasteiger partial charge in [0.1, 0.15) is 12.1 Å². The quantitative estimate of drug-likeness (QED) is 0.740. The number of benzene rings is 2. The third-order valence-electron chi connectivity index (χ3n) is 5.47. The Labute approximate surface area is 171 Å². The molecule has 2 aromatic carbocycles. The van der Waals surface area contributed by atoms with E-state index in [-0.39, 0.29) is 18.5 Å². The van der Waals surface area contributed by atoms with E-state index < -0.39 is 17.5 Å². The van der Waals surface area contributed by atoms with Crippen LogP contribution in [0.4, 0.5) is 4.79 Å². The molecule has 0 radical (unpaired) electrons. The lowest BCUT2D eigenvalue weighted by atomic mass is 9.91. The predicted octanol–water partition coefficient (Wildman–Crippen LogP) is 3.20. The molecule has 2 unspecified atom stereocenters. The highest BCUT2D eigenvalue weighted by Crippen LogP contribution is 2.29. The van der Waals surface area contributed by atoms with Crippen molar-refractivity contribution in [3.8, 4) is 0 Å². The van der Waals surface area contributed by atoms with Crippen LogP contribution >= 0.6 is 0 Å². The second kappa shape index (κ2) is 8.07. The lowest BCUT2D eigenvalue weighted by molar-refractivity contribution is -0.135. The highest BCUT2D eigenvalue weighted by Gasteiger charge is 2.49. The summed E-state index contributed by atoms with van der Waals surface area (Å²) in [6.07, 6.45) is 0.951. The topological polar surface area (TPSA) is 78.5 Å².